The second-order valence-corrected chi connectivity index (χ2v) is 6.73. The lowest BCUT2D eigenvalue weighted by atomic mass is 10.1. The molecule has 2 N–H and O–H groups in total. The van der Waals surface area contributed by atoms with Gasteiger partial charge in [0.2, 0.25) is 6.79 Å². The van der Waals surface area contributed by atoms with E-state index >= 15 is 0 Å². The van der Waals surface area contributed by atoms with Crippen molar-refractivity contribution >= 4 is 17.3 Å². The number of nitrogens with one attached hydrogen (secondary N) is 2. The molecule has 2 heterocycles. The smallest absolute Gasteiger partial charge is 0.274 e. The number of hydrogen-bond acceptors (Lipinski definition) is 5. The van der Waals surface area contributed by atoms with E-state index in [4.69, 9.17) is 9.47 Å². The van der Waals surface area contributed by atoms with Crippen LogP contribution in [0.2, 0.25) is 0 Å². The molecule has 1 aromatic heterocycles. The first-order chi connectivity index (χ1) is 13.6. The van der Waals surface area contributed by atoms with Crippen LogP contribution in [-0.2, 0) is 6.54 Å². The third-order valence-electron chi connectivity index (χ3n) is 4.69. The van der Waals surface area contributed by atoms with E-state index in [0.717, 1.165) is 34.0 Å². The van der Waals surface area contributed by atoms with Crippen LogP contribution in [0.25, 0.3) is 0 Å². The van der Waals surface area contributed by atoms with E-state index in [1.165, 1.54) is 5.56 Å². The molecule has 0 spiro atoms. The second-order valence-electron chi connectivity index (χ2n) is 6.73. The monoisotopic (exact) mass is 375 g/mol. The van der Waals surface area contributed by atoms with Crippen molar-refractivity contribution in [2.45, 2.75) is 20.4 Å². The highest BCUT2D eigenvalue weighted by Gasteiger charge is 2.13. The van der Waals surface area contributed by atoms with Gasteiger partial charge in [-0.3, -0.25) is 4.79 Å². The quantitative estimate of drug-likeness (QED) is 0.696. The molecule has 28 heavy (non-hydrogen) atoms. The van der Waals surface area contributed by atoms with Gasteiger partial charge in [-0.1, -0.05) is 12.1 Å². The van der Waals surface area contributed by atoms with Crippen molar-refractivity contribution in [1.29, 1.82) is 0 Å². The highest BCUT2D eigenvalue weighted by molar-refractivity contribution is 6.03. The molecule has 6 heteroatoms. The number of aryl methyl sites for hydroxylation is 2. The Bertz CT molecular complexity index is 1020. The summed E-state index contributed by atoms with van der Waals surface area (Å²) in [5.41, 5.74) is 5.36. The minimum atomic E-state index is -0.231. The maximum Gasteiger partial charge on any atom is 0.274 e. The van der Waals surface area contributed by atoms with Crippen LogP contribution >= 0.6 is 0 Å². The van der Waals surface area contributed by atoms with Crippen molar-refractivity contribution in [2.75, 3.05) is 17.4 Å². The van der Waals surface area contributed by atoms with Crippen molar-refractivity contribution in [2.24, 2.45) is 0 Å². The van der Waals surface area contributed by atoms with Gasteiger partial charge in [0.25, 0.3) is 5.91 Å². The Labute approximate surface area is 163 Å². The summed E-state index contributed by atoms with van der Waals surface area (Å²) in [6.07, 6.45) is 1.66. The molecule has 3 aromatic rings. The normalized spacial score (nSPS) is 11.9. The van der Waals surface area contributed by atoms with E-state index < -0.39 is 0 Å². The van der Waals surface area contributed by atoms with Crippen molar-refractivity contribution in [3.05, 3.63) is 77.1 Å². The molecule has 142 valence electrons. The van der Waals surface area contributed by atoms with E-state index in [-0.39, 0.29) is 12.7 Å². The van der Waals surface area contributed by atoms with Crippen LogP contribution in [0.5, 0.6) is 11.5 Å². The zero-order chi connectivity index (χ0) is 19.5. The number of pyridine rings is 1. The van der Waals surface area contributed by atoms with Crippen LogP contribution in [0.4, 0.5) is 11.4 Å². The summed E-state index contributed by atoms with van der Waals surface area (Å²) in [4.78, 5) is 16.7. The maximum absolute atomic E-state index is 12.4. The lowest BCUT2D eigenvalue weighted by molar-refractivity contribution is 0.102. The summed E-state index contributed by atoms with van der Waals surface area (Å²) in [7, 11) is 0. The summed E-state index contributed by atoms with van der Waals surface area (Å²) >= 11 is 0. The minimum absolute atomic E-state index is 0.231. The molecule has 4 rings (SSSR count). The van der Waals surface area contributed by atoms with Gasteiger partial charge in [0.1, 0.15) is 5.69 Å². The van der Waals surface area contributed by atoms with Crippen LogP contribution in [0.15, 0.2) is 54.7 Å². The summed E-state index contributed by atoms with van der Waals surface area (Å²) in [6, 6.07) is 15.2. The third-order valence-corrected chi connectivity index (χ3v) is 4.69. The highest BCUT2D eigenvalue weighted by Crippen LogP contribution is 2.32. The Kier molecular flexibility index (Phi) is 4.85. The van der Waals surface area contributed by atoms with Crippen molar-refractivity contribution in [3.63, 3.8) is 0 Å². The van der Waals surface area contributed by atoms with Crippen molar-refractivity contribution < 1.29 is 14.3 Å². The van der Waals surface area contributed by atoms with Crippen LogP contribution in [-0.4, -0.2) is 17.7 Å². The molecule has 1 aliphatic heterocycles. The predicted molar refractivity (Wildman–Crippen MR) is 108 cm³/mol. The molecule has 0 saturated carbocycles. The van der Waals surface area contributed by atoms with Gasteiger partial charge in [-0.2, -0.15) is 0 Å². The number of nitrogens with zero attached hydrogens (tertiary/aromatic N) is 1. The van der Waals surface area contributed by atoms with E-state index in [9.17, 15) is 4.79 Å². The maximum atomic E-state index is 12.4. The molecule has 0 atom stereocenters. The van der Waals surface area contributed by atoms with Crippen molar-refractivity contribution in [1.82, 2.24) is 4.98 Å². The molecule has 0 radical (unpaired) electrons. The fraction of sp³-hybridized carbons (Fsp3) is 0.182. The van der Waals surface area contributed by atoms with Crippen LogP contribution in [0.1, 0.15) is 27.2 Å². The summed E-state index contributed by atoms with van der Waals surface area (Å²) in [6.45, 7) is 4.94. The number of hydrogen-bond donors (Lipinski definition) is 2. The largest absolute Gasteiger partial charge is 0.454 e. The first kappa shape index (κ1) is 17.9. The highest BCUT2D eigenvalue weighted by atomic mass is 16.7. The van der Waals surface area contributed by atoms with Crippen molar-refractivity contribution in [3.8, 4) is 11.5 Å². The van der Waals surface area contributed by atoms with Gasteiger partial charge in [-0.25, -0.2) is 4.98 Å². The first-order valence-corrected chi connectivity index (χ1v) is 9.05. The summed E-state index contributed by atoms with van der Waals surface area (Å²) in [5.74, 6) is 1.30. The average Bonchev–Trinajstić information content (AvgIpc) is 3.17. The number of benzene rings is 2. The number of amides is 1. The molecule has 1 amide bonds. The van der Waals surface area contributed by atoms with Gasteiger partial charge in [-0.15, -0.1) is 0 Å². The zero-order valence-electron chi connectivity index (χ0n) is 15.8. The molecular weight excluding hydrogens is 354 g/mol. The number of carbonyl (C=O) groups is 1. The van der Waals surface area contributed by atoms with Crippen LogP contribution in [0, 0.1) is 13.8 Å². The van der Waals surface area contributed by atoms with E-state index in [2.05, 4.69) is 15.6 Å². The van der Waals surface area contributed by atoms with Gasteiger partial charge in [0, 0.05) is 12.2 Å². The Morgan fingerprint density at radius 3 is 2.57 bits per heavy atom. The number of ether oxygens (including phenoxy) is 2. The Balaban J connectivity index is 1.36. The third kappa shape index (κ3) is 3.91. The Morgan fingerprint density at radius 2 is 1.79 bits per heavy atom. The standard InChI is InChI=1S/C22H21N3O3/c1-14-3-5-17(9-15(14)2)25-22(26)19-7-6-18(12-24-19)23-11-16-4-8-20-21(10-16)28-13-27-20/h3-10,12,23H,11,13H2,1-2H3,(H,25,26). The van der Waals surface area contributed by atoms with Crippen LogP contribution < -0.4 is 20.1 Å². The molecule has 0 saturated heterocycles. The number of anilines is 2. The summed E-state index contributed by atoms with van der Waals surface area (Å²) in [5, 5.41) is 6.17. The fourth-order valence-corrected chi connectivity index (χ4v) is 2.90. The molecule has 0 aliphatic carbocycles. The second kappa shape index (κ2) is 7.60. The number of fused-ring (bicyclic) bond motifs is 1. The topological polar surface area (TPSA) is 72.5 Å². The molecule has 1 aliphatic rings. The Morgan fingerprint density at radius 1 is 0.964 bits per heavy atom. The van der Waals surface area contributed by atoms with E-state index in [1.54, 1.807) is 12.3 Å². The lowest BCUT2D eigenvalue weighted by Crippen LogP contribution is -2.14. The van der Waals surface area contributed by atoms with Gasteiger partial charge < -0.3 is 20.1 Å². The number of carbonyl (C=O) groups excluding carboxylic acids is 1. The van der Waals surface area contributed by atoms with Gasteiger partial charge >= 0.3 is 0 Å². The summed E-state index contributed by atoms with van der Waals surface area (Å²) < 4.78 is 10.7. The predicted octanol–water partition coefficient (Wildman–Crippen LogP) is 4.29. The molecule has 2 aromatic carbocycles. The fourth-order valence-electron chi connectivity index (χ4n) is 2.90. The van der Waals surface area contributed by atoms with Gasteiger partial charge in [0.05, 0.1) is 11.9 Å². The molecule has 0 unspecified atom stereocenters. The van der Waals surface area contributed by atoms with Gasteiger partial charge in [0.15, 0.2) is 11.5 Å². The average molecular weight is 375 g/mol. The number of aromatic nitrogens is 1. The molecule has 0 bridgehead atoms. The lowest BCUT2D eigenvalue weighted by Gasteiger charge is -2.09. The SMILES string of the molecule is Cc1ccc(NC(=O)c2ccc(NCc3ccc4c(c3)OCO4)cn2)cc1C. The molecule has 0 fully saturated rings. The van der Waals surface area contributed by atoms with Gasteiger partial charge in [-0.05, 0) is 66.9 Å². The molecular formula is C22H21N3O3. The van der Waals surface area contributed by atoms with E-state index in [1.807, 2.05) is 56.3 Å². The number of rotatable bonds is 5. The van der Waals surface area contributed by atoms with E-state index in [0.29, 0.717) is 12.2 Å². The molecule has 6 nitrogen and oxygen atoms in total. The van der Waals surface area contributed by atoms with Crippen LogP contribution in [0.3, 0.4) is 0 Å². The first-order valence-electron chi connectivity index (χ1n) is 9.05. The minimum Gasteiger partial charge on any atom is -0.454 e. The Hall–Kier alpha value is -3.54. The zero-order valence-corrected chi connectivity index (χ0v) is 15.8.